The Morgan fingerprint density at radius 1 is 1.42 bits per heavy atom. The van der Waals surface area contributed by atoms with Crippen molar-refractivity contribution in [2.45, 2.75) is 0 Å². The number of hydrogen-bond acceptors (Lipinski definition) is 3. The number of rotatable bonds is 2. The van der Waals surface area contributed by atoms with Gasteiger partial charge in [-0.3, -0.25) is 0 Å². The molecule has 0 aromatic carbocycles. The monoisotopic (exact) mass is 180 g/mol. The largest absolute Gasteiger partial charge is 1.00 e. The zero-order valence-corrected chi connectivity index (χ0v) is 8.24. The predicted molar refractivity (Wildman–Crippen MR) is 33.6 cm³/mol. The average molecular weight is 180 g/mol. The van der Waals surface area contributed by atoms with Gasteiger partial charge in [0.25, 0.3) is 0 Å². The van der Waals surface area contributed by atoms with E-state index in [1.807, 2.05) is 0 Å². The first-order valence-corrected chi connectivity index (χ1v) is 2.63. The normalized spacial score (nSPS) is 8.67. The summed E-state index contributed by atoms with van der Waals surface area (Å²) in [5.74, 6) is -2.69. The van der Waals surface area contributed by atoms with Crippen LogP contribution in [0.4, 0.5) is 0 Å². The minimum Gasteiger partial charge on any atom is -1.00 e. The molecule has 0 aliphatic heterocycles. The Hall–Kier alpha value is -0.850. The molecule has 0 fully saturated rings. The summed E-state index contributed by atoms with van der Waals surface area (Å²) >= 11 is 0. The summed E-state index contributed by atoms with van der Waals surface area (Å²) in [5.41, 5.74) is -0.880. The second-order valence-corrected chi connectivity index (χ2v) is 1.74. The molecule has 0 amide bonds. The summed E-state index contributed by atoms with van der Waals surface area (Å²) in [6, 6.07) is 0. The van der Waals surface area contributed by atoms with E-state index in [2.05, 4.69) is 9.97 Å². The number of aromatic amines is 1. The van der Waals surface area contributed by atoms with Crippen molar-refractivity contribution in [2.24, 2.45) is 0 Å². The maximum atomic E-state index is 10.3. The molecule has 0 aliphatic rings. The van der Waals surface area contributed by atoms with Gasteiger partial charge in [-0.2, -0.15) is 0 Å². The van der Waals surface area contributed by atoms with Gasteiger partial charge >= 0.3 is 41.5 Å². The third kappa shape index (κ3) is 2.07. The van der Waals surface area contributed by atoms with Crippen molar-refractivity contribution >= 4 is 11.9 Å². The van der Waals surface area contributed by atoms with Gasteiger partial charge in [-0.25, -0.2) is 14.6 Å². The van der Waals surface area contributed by atoms with Gasteiger partial charge in [0.05, 0.1) is 6.33 Å². The summed E-state index contributed by atoms with van der Waals surface area (Å²) in [7, 11) is 0. The second kappa shape index (κ2) is 4.24. The molecular formula is C5H5N2NaO4. The molecule has 0 aliphatic carbocycles. The summed E-state index contributed by atoms with van der Waals surface area (Å²) < 4.78 is 0. The molecule has 12 heavy (non-hydrogen) atoms. The molecule has 7 heteroatoms. The molecule has 0 spiro atoms. The van der Waals surface area contributed by atoms with Crippen LogP contribution in [0.1, 0.15) is 22.4 Å². The Balaban J connectivity index is 0. The van der Waals surface area contributed by atoms with E-state index in [1.54, 1.807) is 0 Å². The van der Waals surface area contributed by atoms with E-state index in [1.165, 1.54) is 0 Å². The second-order valence-electron chi connectivity index (χ2n) is 1.74. The van der Waals surface area contributed by atoms with Crippen molar-refractivity contribution in [1.82, 2.24) is 9.97 Å². The molecular weight excluding hydrogens is 175 g/mol. The van der Waals surface area contributed by atoms with Gasteiger partial charge < -0.3 is 16.6 Å². The van der Waals surface area contributed by atoms with Crippen LogP contribution in [0.25, 0.3) is 0 Å². The maximum absolute atomic E-state index is 10.3. The fourth-order valence-corrected chi connectivity index (χ4v) is 0.619. The third-order valence-electron chi connectivity index (χ3n) is 1.06. The molecule has 0 atom stereocenters. The number of carboxylic acids is 2. The van der Waals surface area contributed by atoms with Crippen LogP contribution in [-0.2, 0) is 0 Å². The fourth-order valence-electron chi connectivity index (χ4n) is 0.619. The number of aromatic carboxylic acids is 2. The van der Waals surface area contributed by atoms with Crippen LogP contribution in [-0.4, -0.2) is 32.1 Å². The van der Waals surface area contributed by atoms with Crippen molar-refractivity contribution in [1.29, 1.82) is 0 Å². The van der Waals surface area contributed by atoms with Gasteiger partial charge in [-0.1, -0.05) is 0 Å². The van der Waals surface area contributed by atoms with Crippen molar-refractivity contribution in [3.8, 4) is 0 Å². The van der Waals surface area contributed by atoms with Gasteiger partial charge in [0, 0.05) is 0 Å². The molecule has 1 rings (SSSR count). The molecule has 0 radical (unpaired) electrons. The van der Waals surface area contributed by atoms with Gasteiger partial charge in [0.2, 0.25) is 0 Å². The number of carbonyl (C=O) groups is 2. The van der Waals surface area contributed by atoms with E-state index in [4.69, 9.17) is 10.2 Å². The van der Waals surface area contributed by atoms with Crippen LogP contribution >= 0.6 is 0 Å². The van der Waals surface area contributed by atoms with Crippen LogP contribution in [0.3, 0.4) is 0 Å². The van der Waals surface area contributed by atoms with Crippen molar-refractivity contribution in [2.75, 3.05) is 0 Å². The Kier molecular flexibility index (Phi) is 3.94. The molecule has 0 saturated heterocycles. The fraction of sp³-hybridized carbons (Fsp3) is 0. The first-order valence-electron chi connectivity index (χ1n) is 2.63. The average Bonchev–Trinajstić information content (AvgIpc) is 2.32. The number of H-pyrrole nitrogens is 1. The van der Waals surface area contributed by atoms with E-state index in [-0.39, 0.29) is 31.0 Å². The first-order chi connectivity index (χ1) is 5.13. The van der Waals surface area contributed by atoms with E-state index < -0.39 is 23.3 Å². The van der Waals surface area contributed by atoms with Gasteiger partial charge in [-0.15, -0.1) is 0 Å². The summed E-state index contributed by atoms with van der Waals surface area (Å²) in [6.07, 6.45) is 1.02. The van der Waals surface area contributed by atoms with Crippen LogP contribution in [0, 0.1) is 0 Å². The van der Waals surface area contributed by atoms with Crippen molar-refractivity contribution in [3.05, 3.63) is 17.7 Å². The molecule has 1 aromatic rings. The number of hydrogen-bond donors (Lipinski definition) is 3. The molecule has 6 nitrogen and oxygen atoms in total. The quantitative estimate of drug-likeness (QED) is 0.419. The minimum atomic E-state index is -1.36. The zero-order valence-electron chi connectivity index (χ0n) is 7.24. The molecule has 60 valence electrons. The molecule has 0 bridgehead atoms. The minimum absolute atomic E-state index is 0. The summed E-state index contributed by atoms with van der Waals surface area (Å²) in [6.45, 7) is 0. The Bertz CT molecular complexity index is 285. The van der Waals surface area contributed by atoms with Crippen LogP contribution in [0.2, 0.25) is 0 Å². The first kappa shape index (κ1) is 11.2. The van der Waals surface area contributed by atoms with Crippen LogP contribution in [0.5, 0.6) is 0 Å². The number of imidazole rings is 1. The van der Waals surface area contributed by atoms with Crippen LogP contribution < -0.4 is 29.6 Å². The van der Waals surface area contributed by atoms with E-state index in [0.29, 0.717) is 0 Å². The molecule has 0 saturated carbocycles. The van der Waals surface area contributed by atoms with Gasteiger partial charge in [-0.05, 0) is 0 Å². The molecule has 3 N–H and O–H groups in total. The number of nitrogens with zero attached hydrogens (tertiary/aromatic N) is 1. The molecule has 1 heterocycles. The standard InChI is InChI=1S/C5H4N2O4.Na.H/c8-4(9)2-3(5(10)11)7-1-6-2;;/h1H,(H,6,7)(H,8,9)(H,10,11);;/q;+1;-1. The smallest absolute Gasteiger partial charge is 1.00 e. The van der Waals surface area contributed by atoms with E-state index in [9.17, 15) is 9.59 Å². The van der Waals surface area contributed by atoms with E-state index >= 15 is 0 Å². The topological polar surface area (TPSA) is 103 Å². The Morgan fingerprint density at radius 3 is 2.33 bits per heavy atom. The summed E-state index contributed by atoms with van der Waals surface area (Å²) in [4.78, 5) is 26.0. The SMILES string of the molecule is O=C(O)c1nc[nH]c1C(=O)O.[H-].[Na+]. The molecule has 1 aromatic heterocycles. The third-order valence-corrected chi connectivity index (χ3v) is 1.06. The number of carboxylic acid groups (broad SMARTS) is 2. The van der Waals surface area contributed by atoms with E-state index in [0.717, 1.165) is 6.33 Å². The Labute approximate surface area is 90.4 Å². The summed E-state index contributed by atoms with van der Waals surface area (Å²) in [5, 5.41) is 16.7. The van der Waals surface area contributed by atoms with Crippen LogP contribution in [0.15, 0.2) is 6.33 Å². The van der Waals surface area contributed by atoms with Crippen molar-refractivity contribution in [3.63, 3.8) is 0 Å². The molecule has 0 unspecified atom stereocenters. The maximum Gasteiger partial charge on any atom is 1.00 e. The predicted octanol–water partition coefficient (Wildman–Crippen LogP) is -3.08. The number of aromatic nitrogens is 2. The number of nitrogens with one attached hydrogen (secondary N) is 1. The van der Waals surface area contributed by atoms with Gasteiger partial charge in [0.15, 0.2) is 11.4 Å². The Morgan fingerprint density at radius 2 is 2.00 bits per heavy atom. The van der Waals surface area contributed by atoms with Crippen molar-refractivity contribution < 1.29 is 50.8 Å². The van der Waals surface area contributed by atoms with Gasteiger partial charge in [0.1, 0.15) is 0 Å². The zero-order chi connectivity index (χ0) is 8.43.